The molecule has 3 heterocycles. The van der Waals surface area contributed by atoms with E-state index < -0.39 is 42.0 Å². The number of H-pyrrole nitrogens is 1. The van der Waals surface area contributed by atoms with Gasteiger partial charge in [0.1, 0.15) is 12.2 Å². The minimum absolute atomic E-state index is 0. The van der Waals surface area contributed by atoms with Gasteiger partial charge in [-0.3, -0.25) is 14.2 Å². The molecule has 13 heteroatoms. The van der Waals surface area contributed by atoms with Crippen LogP contribution in [-0.4, -0.2) is 59.9 Å². The smallest absolute Gasteiger partial charge is 0.545 e. The van der Waals surface area contributed by atoms with Crippen molar-refractivity contribution in [2.45, 2.75) is 24.5 Å². The van der Waals surface area contributed by atoms with Crippen LogP contribution in [0.5, 0.6) is 0 Å². The standard InChI is InChI=1S/C17H15N5O7.K/c23-10-11(24)16(22-6-20-9-13(22)18-5-19-14(9)25)29-12(10)15(26)21-8-3-1-7(2-4-8)17(27)28;/h1-6,10-12,16,23-24H,(H,21,26)(H,27,28)(H,18,19,25);/q;+1/p-1/t10-,11+,12-,16+;/m0./s1. The van der Waals surface area contributed by atoms with Gasteiger partial charge in [-0.1, -0.05) is 12.1 Å². The number of rotatable bonds is 4. The van der Waals surface area contributed by atoms with Gasteiger partial charge in [0.05, 0.1) is 18.6 Å². The van der Waals surface area contributed by atoms with E-state index in [4.69, 9.17) is 4.74 Å². The van der Waals surface area contributed by atoms with Crippen LogP contribution >= 0.6 is 0 Å². The van der Waals surface area contributed by atoms with Crippen molar-refractivity contribution in [3.05, 3.63) is 52.8 Å². The van der Waals surface area contributed by atoms with E-state index in [0.29, 0.717) is 0 Å². The number of hydrogen-bond acceptors (Lipinski definition) is 9. The monoisotopic (exact) mass is 439 g/mol. The second-order valence-electron chi connectivity index (χ2n) is 6.34. The normalized spacial score (nSPS) is 23.1. The van der Waals surface area contributed by atoms with Gasteiger partial charge in [0.2, 0.25) is 0 Å². The Morgan fingerprint density at radius 1 is 1.17 bits per heavy atom. The topological polar surface area (TPSA) is 182 Å². The molecule has 3 aromatic rings. The van der Waals surface area contributed by atoms with Gasteiger partial charge in [-0.2, -0.15) is 0 Å². The van der Waals surface area contributed by atoms with Gasteiger partial charge in [-0.05, 0) is 17.7 Å². The molecule has 30 heavy (non-hydrogen) atoms. The zero-order chi connectivity index (χ0) is 20.7. The molecule has 0 unspecified atom stereocenters. The number of carboxylic acids is 1. The molecular weight excluding hydrogens is 425 g/mol. The molecule has 0 bridgehead atoms. The van der Waals surface area contributed by atoms with Crippen molar-refractivity contribution in [2.75, 3.05) is 5.32 Å². The maximum absolute atomic E-state index is 12.5. The van der Waals surface area contributed by atoms with Gasteiger partial charge in [-0.15, -0.1) is 0 Å². The number of carbonyl (C=O) groups is 2. The van der Waals surface area contributed by atoms with Crippen LogP contribution in [0.4, 0.5) is 5.69 Å². The fraction of sp³-hybridized carbons (Fsp3) is 0.235. The summed E-state index contributed by atoms with van der Waals surface area (Å²) in [6, 6.07) is 5.18. The Hall–Kier alpha value is -1.97. The number of aromatic amines is 1. The summed E-state index contributed by atoms with van der Waals surface area (Å²) >= 11 is 0. The van der Waals surface area contributed by atoms with Crippen LogP contribution < -0.4 is 67.4 Å². The number of carbonyl (C=O) groups excluding carboxylic acids is 2. The molecule has 150 valence electrons. The van der Waals surface area contributed by atoms with Crippen molar-refractivity contribution < 1.29 is 81.0 Å². The van der Waals surface area contributed by atoms with Crippen LogP contribution in [0, 0.1) is 0 Å². The van der Waals surface area contributed by atoms with Gasteiger partial charge in [0.15, 0.2) is 23.5 Å². The third-order valence-electron chi connectivity index (χ3n) is 4.52. The molecule has 1 aliphatic rings. The Morgan fingerprint density at radius 3 is 2.53 bits per heavy atom. The SMILES string of the molecule is O=C([O-])c1ccc(NC(=O)[C@H]2O[C@@H](n3cnc4c(=O)[nH]cnc43)[C@H](O)[C@@H]2O)cc1.[K+]. The average Bonchev–Trinajstić information content (AvgIpc) is 3.25. The number of hydrogen-bond donors (Lipinski definition) is 4. The van der Waals surface area contributed by atoms with Crippen molar-refractivity contribution in [3.8, 4) is 0 Å². The van der Waals surface area contributed by atoms with E-state index in [2.05, 4.69) is 20.3 Å². The van der Waals surface area contributed by atoms with Crippen LogP contribution in [-0.2, 0) is 9.53 Å². The molecule has 0 saturated carbocycles. The number of nitrogens with one attached hydrogen (secondary N) is 2. The summed E-state index contributed by atoms with van der Waals surface area (Å²) in [6.45, 7) is 0. The number of aliphatic hydroxyl groups excluding tert-OH is 2. The van der Waals surface area contributed by atoms with Crippen LogP contribution in [0.1, 0.15) is 16.6 Å². The molecule has 0 radical (unpaired) electrons. The molecule has 12 nitrogen and oxygen atoms in total. The van der Waals surface area contributed by atoms with Crippen molar-refractivity contribution in [1.82, 2.24) is 19.5 Å². The number of nitrogens with zero attached hydrogens (tertiary/aromatic N) is 3. The fourth-order valence-electron chi connectivity index (χ4n) is 3.06. The number of fused-ring (bicyclic) bond motifs is 1. The summed E-state index contributed by atoms with van der Waals surface area (Å²) in [5.74, 6) is -2.11. The van der Waals surface area contributed by atoms with E-state index in [1.807, 2.05) is 0 Å². The molecule has 1 fully saturated rings. The molecule has 1 saturated heterocycles. The Kier molecular flexibility index (Phi) is 6.83. The molecule has 1 amide bonds. The quantitative estimate of drug-likeness (QED) is 0.289. The molecule has 4 N–H and O–H groups in total. The summed E-state index contributed by atoms with van der Waals surface area (Å²) in [7, 11) is 0. The van der Waals surface area contributed by atoms with Crippen LogP contribution in [0.25, 0.3) is 11.2 Å². The molecule has 0 spiro atoms. The minimum atomic E-state index is -1.57. The van der Waals surface area contributed by atoms with Crippen molar-refractivity contribution in [3.63, 3.8) is 0 Å². The Bertz CT molecular complexity index is 1150. The Morgan fingerprint density at radius 2 is 1.87 bits per heavy atom. The first-order chi connectivity index (χ1) is 13.9. The van der Waals surface area contributed by atoms with Gasteiger partial charge in [0, 0.05) is 5.69 Å². The summed E-state index contributed by atoms with van der Waals surface area (Å²) in [5.41, 5.74) is -0.168. The summed E-state index contributed by atoms with van der Waals surface area (Å²) in [4.78, 5) is 45.3. The Labute approximate surface area is 210 Å². The van der Waals surface area contributed by atoms with Crippen molar-refractivity contribution in [2.24, 2.45) is 0 Å². The second kappa shape index (κ2) is 9.03. The maximum Gasteiger partial charge on any atom is 1.00 e. The zero-order valence-electron chi connectivity index (χ0n) is 15.6. The van der Waals surface area contributed by atoms with E-state index in [1.165, 1.54) is 35.2 Å². The van der Waals surface area contributed by atoms with E-state index in [1.54, 1.807) is 0 Å². The van der Waals surface area contributed by atoms with E-state index in [-0.39, 0.29) is 73.8 Å². The van der Waals surface area contributed by atoms with Crippen molar-refractivity contribution in [1.29, 1.82) is 0 Å². The van der Waals surface area contributed by atoms with Crippen LogP contribution in [0.3, 0.4) is 0 Å². The number of imidazole rings is 1. The molecule has 2 aromatic heterocycles. The number of aromatic nitrogens is 4. The third kappa shape index (κ3) is 4.10. The maximum atomic E-state index is 12.5. The predicted molar refractivity (Wildman–Crippen MR) is 93.5 cm³/mol. The molecule has 4 rings (SSSR count). The number of aromatic carboxylic acids is 1. The first kappa shape index (κ1) is 22.7. The Balaban J connectivity index is 0.00000256. The molecule has 1 aromatic carbocycles. The first-order valence-corrected chi connectivity index (χ1v) is 8.41. The second-order valence-corrected chi connectivity index (χ2v) is 6.34. The van der Waals surface area contributed by atoms with E-state index >= 15 is 0 Å². The van der Waals surface area contributed by atoms with Crippen LogP contribution in [0.15, 0.2) is 41.7 Å². The summed E-state index contributed by atoms with van der Waals surface area (Å²) < 4.78 is 6.78. The number of benzene rings is 1. The van der Waals surface area contributed by atoms with E-state index in [9.17, 15) is 29.7 Å². The summed E-state index contributed by atoms with van der Waals surface area (Å²) in [6.07, 6.45) is -3.34. The fourth-order valence-corrected chi connectivity index (χ4v) is 3.06. The minimum Gasteiger partial charge on any atom is -0.545 e. The molecule has 4 atom stereocenters. The number of carboxylic acid groups (broad SMARTS) is 1. The molecule has 0 aliphatic carbocycles. The number of ether oxygens (including phenoxy) is 1. The van der Waals surface area contributed by atoms with Crippen molar-refractivity contribution >= 4 is 28.7 Å². The first-order valence-electron chi connectivity index (χ1n) is 8.41. The third-order valence-corrected chi connectivity index (χ3v) is 4.52. The van der Waals surface area contributed by atoms with Crippen LogP contribution in [0.2, 0.25) is 0 Å². The largest absolute Gasteiger partial charge is 1.00 e. The van der Waals surface area contributed by atoms with E-state index in [0.717, 1.165) is 6.33 Å². The number of anilines is 1. The predicted octanol–water partition coefficient (Wildman–Crippen LogP) is -5.25. The van der Waals surface area contributed by atoms with Gasteiger partial charge < -0.3 is 35.2 Å². The van der Waals surface area contributed by atoms with Gasteiger partial charge in [-0.25, -0.2) is 9.97 Å². The average molecular weight is 439 g/mol. The molecule has 1 aliphatic heterocycles. The summed E-state index contributed by atoms with van der Waals surface area (Å²) in [5, 5.41) is 33.9. The van der Waals surface area contributed by atoms with Gasteiger partial charge in [0.25, 0.3) is 11.5 Å². The van der Waals surface area contributed by atoms with Gasteiger partial charge >= 0.3 is 51.4 Å². The molecular formula is C17H14KN5O7. The number of amides is 1. The zero-order valence-corrected chi connectivity index (χ0v) is 18.7. The number of aliphatic hydroxyl groups is 2.